The van der Waals surface area contributed by atoms with E-state index in [9.17, 15) is 0 Å². The van der Waals surface area contributed by atoms with Crippen LogP contribution in [0.2, 0.25) is 37.8 Å². The number of unbranched alkanes of at least 4 members (excludes halogenated alkanes) is 11. The van der Waals surface area contributed by atoms with Gasteiger partial charge in [-0.1, -0.05) is 91.4 Å². The summed E-state index contributed by atoms with van der Waals surface area (Å²) in [5.74, 6) is 1.24. The maximum absolute atomic E-state index is 7.22. The van der Waals surface area contributed by atoms with E-state index in [-0.39, 0.29) is 5.41 Å². The zero-order valence-electron chi connectivity index (χ0n) is 29.0. The molecule has 0 aromatic heterocycles. The molecule has 0 rings (SSSR count). The topological polar surface area (TPSA) is 12.5 Å². The van der Waals surface area contributed by atoms with E-state index < -0.39 is 16.6 Å². The van der Waals surface area contributed by atoms with Crippen molar-refractivity contribution in [2.24, 2.45) is 5.41 Å². The fourth-order valence-electron chi connectivity index (χ4n) is 6.51. The van der Waals surface area contributed by atoms with E-state index in [1.807, 2.05) is 0 Å². The monoisotopic (exact) mass is 594 g/mol. The van der Waals surface area contributed by atoms with Gasteiger partial charge in [0.05, 0.1) is 20.6 Å². The van der Waals surface area contributed by atoms with Gasteiger partial charge in [0.25, 0.3) is 0 Å². The van der Waals surface area contributed by atoms with Gasteiger partial charge in [0.1, 0.15) is 0 Å². The Morgan fingerprint density at radius 1 is 0.800 bits per heavy atom. The minimum Gasteiger partial charge on any atom is -0.455 e. The average Bonchev–Trinajstić information content (AvgIpc) is 2.86. The summed E-state index contributed by atoms with van der Waals surface area (Å²) in [5, 5.41) is 0. The van der Waals surface area contributed by atoms with Crippen LogP contribution in [0.25, 0.3) is 0 Å². The molecule has 5 heteroatoms. The Bertz CT molecular complexity index is 625. The molecule has 0 aliphatic carbocycles. The van der Waals surface area contributed by atoms with Gasteiger partial charge >= 0.3 is 0 Å². The summed E-state index contributed by atoms with van der Waals surface area (Å²) in [7, 11) is 3.28. The van der Waals surface area contributed by atoms with Crippen molar-refractivity contribution in [3.8, 4) is 0 Å². The van der Waals surface area contributed by atoms with E-state index in [0.29, 0.717) is 0 Å². The molecule has 0 aromatic rings. The smallest absolute Gasteiger partial charge is 0.195 e. The molecule has 4 radical (unpaired) electrons. The number of rotatable bonds is 27. The van der Waals surface area contributed by atoms with Gasteiger partial charge in [0.15, 0.2) is 22.5 Å². The van der Waals surface area contributed by atoms with E-state index in [1.54, 1.807) is 0 Å². The highest BCUT2D eigenvalue weighted by Gasteiger charge is 2.40. The summed E-state index contributed by atoms with van der Waals surface area (Å²) in [6, 6.07) is 3.59. The predicted molar refractivity (Wildman–Crippen MR) is 185 cm³/mol. The van der Waals surface area contributed by atoms with Gasteiger partial charge in [-0.15, -0.1) is 0 Å². The summed E-state index contributed by atoms with van der Waals surface area (Å²) in [6.07, 6.45) is 19.9. The Morgan fingerprint density at radius 2 is 1.32 bits per heavy atom. The second-order valence-corrected chi connectivity index (χ2v) is 23.6. The highest BCUT2D eigenvalue weighted by atomic mass is 28.4. The van der Waals surface area contributed by atoms with Crippen LogP contribution in [0, 0.1) is 19.3 Å². The quantitative estimate of drug-likeness (QED) is 0.0533. The Labute approximate surface area is 256 Å². The molecule has 0 fully saturated rings. The van der Waals surface area contributed by atoms with Crippen LogP contribution in [0.4, 0.5) is 0 Å². The molecule has 3 nitrogen and oxygen atoms in total. The Kier molecular flexibility index (Phi) is 20.7. The van der Waals surface area contributed by atoms with E-state index >= 15 is 0 Å². The average molecular weight is 594 g/mol. The highest BCUT2D eigenvalue weighted by molar-refractivity contribution is 6.85. The van der Waals surface area contributed by atoms with Crippen molar-refractivity contribution in [1.82, 2.24) is 4.90 Å². The molecule has 0 saturated carbocycles. The van der Waals surface area contributed by atoms with Crippen LogP contribution in [0.1, 0.15) is 124 Å². The van der Waals surface area contributed by atoms with Crippen molar-refractivity contribution in [2.75, 3.05) is 34.2 Å². The lowest BCUT2D eigenvalue weighted by Gasteiger charge is -2.42. The van der Waals surface area contributed by atoms with Gasteiger partial charge in [0, 0.05) is 13.6 Å². The SMILES string of the molecule is [CH]CCCC(C)(C)C[Si](C)(CCCN(C)C(=C)[N+](C)(C)CCCCCCCCCCCC)O[Si](C)(C)CCC[CH]. The zero-order valence-corrected chi connectivity index (χ0v) is 31.0. The summed E-state index contributed by atoms with van der Waals surface area (Å²) in [5.41, 5.74) is 0.280. The van der Waals surface area contributed by atoms with Crippen molar-refractivity contribution in [2.45, 2.75) is 161 Å². The first-order valence-electron chi connectivity index (χ1n) is 17.0. The second kappa shape index (κ2) is 20.7. The first-order chi connectivity index (χ1) is 18.6. The molecule has 0 aromatic carbocycles. The van der Waals surface area contributed by atoms with Crippen LogP contribution in [0.3, 0.4) is 0 Å². The van der Waals surface area contributed by atoms with Gasteiger partial charge in [0.2, 0.25) is 0 Å². The lowest BCUT2D eigenvalue weighted by Crippen LogP contribution is -2.49. The number of nitrogens with zero attached hydrogens (tertiary/aromatic N) is 2. The van der Waals surface area contributed by atoms with Crippen molar-refractivity contribution < 1.29 is 8.60 Å². The summed E-state index contributed by atoms with van der Waals surface area (Å²) >= 11 is 0. The van der Waals surface area contributed by atoms with Gasteiger partial charge < -0.3 is 9.02 Å². The van der Waals surface area contributed by atoms with Crippen molar-refractivity contribution in [1.29, 1.82) is 0 Å². The molecular weight excluding hydrogens is 521 g/mol. The molecule has 0 saturated heterocycles. The molecular formula is C35H73N2OSi2+. The second-order valence-electron chi connectivity index (χ2n) is 15.0. The third-order valence-corrected chi connectivity index (χ3v) is 17.7. The van der Waals surface area contributed by atoms with Crippen LogP contribution in [0.15, 0.2) is 12.4 Å². The van der Waals surface area contributed by atoms with Crippen molar-refractivity contribution >= 4 is 16.6 Å². The molecule has 40 heavy (non-hydrogen) atoms. The van der Waals surface area contributed by atoms with Crippen LogP contribution in [-0.4, -0.2) is 60.3 Å². The normalized spacial score (nSPS) is 14.4. The lowest BCUT2D eigenvalue weighted by molar-refractivity contribution is -0.861. The molecule has 0 aliphatic rings. The van der Waals surface area contributed by atoms with Crippen molar-refractivity contribution in [3.05, 3.63) is 26.2 Å². The van der Waals surface area contributed by atoms with Crippen molar-refractivity contribution in [3.63, 3.8) is 0 Å². The molecule has 0 heterocycles. The Morgan fingerprint density at radius 3 is 1.85 bits per heavy atom. The fraction of sp³-hybridized carbons (Fsp3) is 0.886. The zero-order chi connectivity index (χ0) is 30.7. The third kappa shape index (κ3) is 19.2. The number of quaternary nitrogens is 1. The van der Waals surface area contributed by atoms with Crippen LogP contribution in [-0.2, 0) is 4.12 Å². The molecule has 0 N–H and O–H groups in total. The maximum atomic E-state index is 7.22. The highest BCUT2D eigenvalue weighted by Crippen LogP contribution is 2.38. The van der Waals surface area contributed by atoms with E-state index in [0.717, 1.165) is 42.8 Å². The van der Waals surface area contributed by atoms with Crippen LogP contribution >= 0.6 is 0 Å². The molecule has 1 atom stereocenters. The summed E-state index contributed by atoms with van der Waals surface area (Å²) in [4.78, 5) is 2.42. The van der Waals surface area contributed by atoms with Crippen LogP contribution < -0.4 is 0 Å². The summed E-state index contributed by atoms with van der Waals surface area (Å²) in [6.45, 7) is 33.0. The van der Waals surface area contributed by atoms with Gasteiger partial charge in [-0.3, -0.25) is 4.48 Å². The molecule has 0 spiro atoms. The molecule has 0 aliphatic heterocycles. The van der Waals surface area contributed by atoms with Crippen LogP contribution in [0.5, 0.6) is 0 Å². The maximum Gasteiger partial charge on any atom is 0.195 e. The number of hydrogen-bond donors (Lipinski definition) is 0. The molecule has 236 valence electrons. The molecule has 0 bridgehead atoms. The van der Waals surface area contributed by atoms with Gasteiger partial charge in [-0.2, -0.15) is 0 Å². The molecule has 0 amide bonds. The van der Waals surface area contributed by atoms with E-state index in [4.69, 9.17) is 18.0 Å². The molecule has 1 unspecified atom stereocenters. The Hall–Kier alpha value is -0.106. The lowest BCUT2D eigenvalue weighted by atomic mass is 9.89. The standard InChI is InChI=1S/C35H73N2OSi2/c1-13-16-19-20-21-22-23-24-25-26-30-37(8,9)34(4)36(7)29-27-32-40(12,33-35(5,6)28-17-14-2)38-39(10,11)31-18-15-3/h2-3H,4,13-33H2,1,5-12H3/q+1. The van der Waals surface area contributed by atoms with Gasteiger partial charge in [-0.25, -0.2) is 0 Å². The van der Waals surface area contributed by atoms with E-state index in [2.05, 4.69) is 73.0 Å². The summed E-state index contributed by atoms with van der Waals surface area (Å²) < 4.78 is 8.11. The minimum atomic E-state index is -1.90. The first kappa shape index (κ1) is 39.9. The third-order valence-electron chi connectivity index (χ3n) is 8.83. The number of hydrogen-bond acceptors (Lipinski definition) is 2. The Balaban J connectivity index is 4.81. The largest absolute Gasteiger partial charge is 0.455 e. The predicted octanol–water partition coefficient (Wildman–Crippen LogP) is 11.0. The minimum absolute atomic E-state index is 0.280. The first-order valence-corrected chi connectivity index (χ1v) is 22.9. The fourth-order valence-corrected chi connectivity index (χ4v) is 17.3. The van der Waals surface area contributed by atoms with E-state index in [1.165, 1.54) is 102 Å². The van der Waals surface area contributed by atoms with Gasteiger partial charge in [-0.05, 0) is 95.7 Å².